The van der Waals surface area contributed by atoms with Gasteiger partial charge in [-0.05, 0) is 43.4 Å². The summed E-state index contributed by atoms with van der Waals surface area (Å²) in [5.74, 6) is 0.0879. The Morgan fingerprint density at radius 3 is 2.59 bits per heavy atom. The van der Waals surface area contributed by atoms with Crippen LogP contribution in [0.3, 0.4) is 0 Å². The summed E-state index contributed by atoms with van der Waals surface area (Å²) in [6.07, 6.45) is 2.03. The molecule has 2 rings (SSSR count). The molecule has 1 amide bonds. The molecule has 0 atom stereocenters. The average molecular weight is 235 g/mol. The van der Waals surface area contributed by atoms with Gasteiger partial charge < -0.3 is 4.90 Å². The van der Waals surface area contributed by atoms with Gasteiger partial charge in [-0.1, -0.05) is 13.0 Å². The Kier molecular flexibility index (Phi) is 3.46. The van der Waals surface area contributed by atoms with Gasteiger partial charge in [0.05, 0.1) is 5.56 Å². The Morgan fingerprint density at radius 2 is 2.00 bits per heavy atom. The molecule has 1 aromatic carbocycles. The van der Waals surface area contributed by atoms with Gasteiger partial charge in [0.2, 0.25) is 0 Å². The molecular weight excluding hydrogens is 217 g/mol. The van der Waals surface area contributed by atoms with Crippen molar-refractivity contribution in [2.75, 3.05) is 13.1 Å². The second-order valence-electron chi connectivity index (χ2n) is 4.96. The van der Waals surface area contributed by atoms with Gasteiger partial charge in [-0.3, -0.25) is 4.79 Å². The second-order valence-corrected chi connectivity index (χ2v) is 4.96. The summed E-state index contributed by atoms with van der Waals surface area (Å²) < 4.78 is 13.7. The molecule has 0 bridgehead atoms. The van der Waals surface area contributed by atoms with Crippen LogP contribution in [0.15, 0.2) is 18.2 Å². The van der Waals surface area contributed by atoms with Gasteiger partial charge in [-0.15, -0.1) is 0 Å². The molecule has 1 aliphatic heterocycles. The molecule has 0 spiro atoms. The molecule has 0 aromatic heterocycles. The molecule has 2 nitrogen and oxygen atoms in total. The topological polar surface area (TPSA) is 20.3 Å². The lowest BCUT2D eigenvalue weighted by atomic mass is 9.98. The smallest absolute Gasteiger partial charge is 0.256 e. The van der Waals surface area contributed by atoms with Crippen LogP contribution in [0.1, 0.15) is 35.7 Å². The number of piperidine rings is 1. The number of amides is 1. The van der Waals surface area contributed by atoms with Crippen molar-refractivity contribution in [1.29, 1.82) is 0 Å². The molecule has 1 fully saturated rings. The first-order valence-corrected chi connectivity index (χ1v) is 6.13. The van der Waals surface area contributed by atoms with Gasteiger partial charge in [0, 0.05) is 13.1 Å². The largest absolute Gasteiger partial charge is 0.339 e. The fraction of sp³-hybridized carbons (Fsp3) is 0.500. The zero-order chi connectivity index (χ0) is 12.4. The van der Waals surface area contributed by atoms with Gasteiger partial charge in [0.25, 0.3) is 5.91 Å². The molecule has 1 saturated heterocycles. The second kappa shape index (κ2) is 4.86. The Hall–Kier alpha value is -1.38. The third kappa shape index (κ3) is 2.65. The van der Waals surface area contributed by atoms with Crippen LogP contribution >= 0.6 is 0 Å². The van der Waals surface area contributed by atoms with Crippen molar-refractivity contribution >= 4 is 5.91 Å². The first kappa shape index (κ1) is 12.1. The minimum absolute atomic E-state index is 0.172. The van der Waals surface area contributed by atoms with Crippen molar-refractivity contribution in [1.82, 2.24) is 4.90 Å². The lowest BCUT2D eigenvalue weighted by molar-refractivity contribution is 0.0692. The van der Waals surface area contributed by atoms with Crippen LogP contribution in [-0.4, -0.2) is 23.9 Å². The first-order valence-electron chi connectivity index (χ1n) is 6.13. The van der Waals surface area contributed by atoms with Crippen molar-refractivity contribution in [2.45, 2.75) is 26.7 Å². The van der Waals surface area contributed by atoms with Crippen LogP contribution in [0.2, 0.25) is 0 Å². The minimum Gasteiger partial charge on any atom is -0.339 e. The summed E-state index contributed by atoms with van der Waals surface area (Å²) >= 11 is 0. The number of rotatable bonds is 1. The molecule has 0 saturated carbocycles. The van der Waals surface area contributed by atoms with E-state index in [9.17, 15) is 9.18 Å². The van der Waals surface area contributed by atoms with Crippen LogP contribution in [-0.2, 0) is 0 Å². The lowest BCUT2D eigenvalue weighted by Gasteiger charge is -2.30. The van der Waals surface area contributed by atoms with Crippen LogP contribution < -0.4 is 0 Å². The highest BCUT2D eigenvalue weighted by Gasteiger charge is 2.23. The molecule has 0 N–H and O–H groups in total. The van der Waals surface area contributed by atoms with Gasteiger partial charge in [0.15, 0.2) is 0 Å². The van der Waals surface area contributed by atoms with Crippen molar-refractivity contribution in [3.05, 3.63) is 35.1 Å². The number of carbonyl (C=O) groups is 1. The number of hydrogen-bond donors (Lipinski definition) is 0. The Bertz CT molecular complexity index is 422. The highest BCUT2D eigenvalue weighted by molar-refractivity contribution is 5.94. The number of likely N-dealkylation sites (tertiary alicyclic amines) is 1. The van der Waals surface area contributed by atoms with Crippen LogP contribution in [0.25, 0.3) is 0 Å². The van der Waals surface area contributed by atoms with Crippen LogP contribution in [0.5, 0.6) is 0 Å². The van der Waals surface area contributed by atoms with Gasteiger partial charge in [-0.25, -0.2) is 4.39 Å². The van der Waals surface area contributed by atoms with Gasteiger partial charge in [-0.2, -0.15) is 0 Å². The fourth-order valence-corrected chi connectivity index (χ4v) is 2.18. The number of hydrogen-bond acceptors (Lipinski definition) is 1. The summed E-state index contributed by atoms with van der Waals surface area (Å²) in [4.78, 5) is 13.9. The van der Waals surface area contributed by atoms with E-state index in [1.54, 1.807) is 17.0 Å². The molecule has 0 radical (unpaired) electrons. The van der Waals surface area contributed by atoms with E-state index >= 15 is 0 Å². The van der Waals surface area contributed by atoms with Crippen LogP contribution in [0, 0.1) is 18.7 Å². The Balaban J connectivity index is 2.14. The maximum absolute atomic E-state index is 13.7. The van der Waals surface area contributed by atoms with Crippen molar-refractivity contribution in [2.24, 2.45) is 5.92 Å². The Labute approximate surface area is 101 Å². The van der Waals surface area contributed by atoms with Crippen molar-refractivity contribution < 1.29 is 9.18 Å². The molecule has 1 heterocycles. The monoisotopic (exact) mass is 235 g/mol. The predicted molar refractivity (Wildman–Crippen MR) is 65.4 cm³/mol. The van der Waals surface area contributed by atoms with Gasteiger partial charge in [0.1, 0.15) is 5.82 Å². The SMILES string of the molecule is Cc1ccc(C(=O)N2CCC(C)CC2)c(F)c1. The number of benzene rings is 1. The van der Waals surface area contributed by atoms with E-state index in [1.807, 2.05) is 6.92 Å². The molecule has 0 unspecified atom stereocenters. The number of halogens is 1. The highest BCUT2D eigenvalue weighted by atomic mass is 19.1. The highest BCUT2D eigenvalue weighted by Crippen LogP contribution is 2.19. The third-order valence-electron chi connectivity index (χ3n) is 3.43. The summed E-state index contributed by atoms with van der Waals surface area (Å²) in [7, 11) is 0. The number of aryl methyl sites for hydroxylation is 1. The number of nitrogens with zero attached hydrogens (tertiary/aromatic N) is 1. The quantitative estimate of drug-likeness (QED) is 0.732. The summed E-state index contributed by atoms with van der Waals surface area (Å²) in [6.45, 7) is 5.49. The third-order valence-corrected chi connectivity index (χ3v) is 3.43. The lowest BCUT2D eigenvalue weighted by Crippen LogP contribution is -2.38. The molecule has 92 valence electrons. The average Bonchev–Trinajstić information content (AvgIpc) is 2.29. The van der Waals surface area contributed by atoms with Crippen molar-refractivity contribution in [3.8, 4) is 0 Å². The van der Waals surface area contributed by atoms with E-state index in [-0.39, 0.29) is 11.5 Å². The van der Waals surface area contributed by atoms with E-state index in [0.29, 0.717) is 5.92 Å². The standard InChI is InChI=1S/C14H18FNO/c1-10-5-7-16(8-6-10)14(17)12-4-3-11(2)9-13(12)15/h3-4,9-10H,5-8H2,1-2H3. The molecule has 1 aromatic rings. The van der Waals surface area contributed by atoms with E-state index in [2.05, 4.69) is 6.92 Å². The molecule has 17 heavy (non-hydrogen) atoms. The predicted octanol–water partition coefficient (Wildman–Crippen LogP) is 3.01. The van der Waals surface area contributed by atoms with E-state index in [1.165, 1.54) is 6.07 Å². The summed E-state index contributed by atoms with van der Waals surface area (Å²) in [5.41, 5.74) is 1.04. The zero-order valence-electron chi connectivity index (χ0n) is 10.4. The van der Waals surface area contributed by atoms with Crippen molar-refractivity contribution in [3.63, 3.8) is 0 Å². The molecule has 3 heteroatoms. The molecule has 1 aliphatic rings. The van der Waals surface area contributed by atoms with Crippen LogP contribution in [0.4, 0.5) is 4.39 Å². The fourth-order valence-electron chi connectivity index (χ4n) is 2.18. The molecular formula is C14H18FNO. The maximum Gasteiger partial charge on any atom is 0.256 e. The normalized spacial score (nSPS) is 17.2. The van der Waals surface area contributed by atoms with E-state index in [4.69, 9.17) is 0 Å². The number of carbonyl (C=O) groups excluding carboxylic acids is 1. The minimum atomic E-state index is -0.409. The van der Waals surface area contributed by atoms with E-state index in [0.717, 1.165) is 31.5 Å². The summed E-state index contributed by atoms with van der Waals surface area (Å²) in [5, 5.41) is 0. The first-order chi connectivity index (χ1) is 8.08. The molecule has 0 aliphatic carbocycles. The Morgan fingerprint density at radius 1 is 1.35 bits per heavy atom. The van der Waals surface area contributed by atoms with E-state index < -0.39 is 5.82 Å². The zero-order valence-corrected chi connectivity index (χ0v) is 10.4. The maximum atomic E-state index is 13.7. The summed E-state index contributed by atoms with van der Waals surface area (Å²) in [6, 6.07) is 4.79. The van der Waals surface area contributed by atoms with Gasteiger partial charge >= 0.3 is 0 Å².